The van der Waals surface area contributed by atoms with Crippen LogP contribution in [0.3, 0.4) is 0 Å². The van der Waals surface area contributed by atoms with Crippen LogP contribution in [0.25, 0.3) is 10.8 Å². The van der Waals surface area contributed by atoms with E-state index in [-0.39, 0.29) is 11.9 Å². The van der Waals surface area contributed by atoms with Crippen molar-refractivity contribution in [2.45, 2.75) is 71.9 Å². The van der Waals surface area contributed by atoms with Gasteiger partial charge in [0.05, 0.1) is 19.1 Å². The molecule has 0 aromatic heterocycles. The summed E-state index contributed by atoms with van der Waals surface area (Å²) in [6, 6.07) is 13.2. The number of piperidine rings is 1. The minimum atomic E-state index is -0.0763. The third-order valence-electron chi connectivity index (χ3n) is 7.52. The maximum atomic E-state index is 11.9. The van der Waals surface area contributed by atoms with Crippen molar-refractivity contribution in [2.75, 3.05) is 20.2 Å². The number of hydrogen-bond acceptors (Lipinski definition) is 4. The Morgan fingerprint density at radius 1 is 1.00 bits per heavy atom. The molecule has 2 aromatic rings. The second-order valence-electron chi connectivity index (χ2n) is 10.9. The van der Waals surface area contributed by atoms with Gasteiger partial charge in [0.25, 0.3) is 0 Å². The summed E-state index contributed by atoms with van der Waals surface area (Å²) in [5, 5.41) is 2.47. The fraction of sp³-hybridized carbons (Fsp3) is 0.607. The summed E-state index contributed by atoms with van der Waals surface area (Å²) in [6.45, 7) is 9.78. The molecule has 0 spiro atoms. The predicted molar refractivity (Wildman–Crippen MR) is 130 cm³/mol. The maximum absolute atomic E-state index is 11.9. The van der Waals surface area contributed by atoms with Gasteiger partial charge < -0.3 is 9.47 Å². The quantitative estimate of drug-likeness (QED) is 0.521. The van der Waals surface area contributed by atoms with Gasteiger partial charge in [0, 0.05) is 13.1 Å². The number of nitrogens with zero attached hydrogens (tertiary/aromatic N) is 1. The molecular formula is C28H39NO3. The van der Waals surface area contributed by atoms with Gasteiger partial charge in [-0.3, -0.25) is 9.69 Å². The first-order valence-corrected chi connectivity index (χ1v) is 12.3. The highest BCUT2D eigenvalue weighted by Gasteiger charge is 2.30. The summed E-state index contributed by atoms with van der Waals surface area (Å²) >= 11 is 0. The minimum absolute atomic E-state index is 0.00683. The summed E-state index contributed by atoms with van der Waals surface area (Å²) in [4.78, 5) is 14.3. The Morgan fingerprint density at radius 3 is 2.44 bits per heavy atom. The first-order valence-electron chi connectivity index (χ1n) is 12.3. The maximum Gasteiger partial charge on any atom is 0.309 e. The summed E-state index contributed by atoms with van der Waals surface area (Å²) in [6.07, 6.45) is 7.15. The van der Waals surface area contributed by atoms with E-state index >= 15 is 0 Å². The van der Waals surface area contributed by atoms with Crippen molar-refractivity contribution in [1.82, 2.24) is 4.90 Å². The van der Waals surface area contributed by atoms with Crippen molar-refractivity contribution in [3.8, 4) is 5.75 Å². The molecule has 0 amide bonds. The highest BCUT2D eigenvalue weighted by molar-refractivity contribution is 5.84. The average Bonchev–Trinajstić information content (AvgIpc) is 2.78. The largest absolute Gasteiger partial charge is 0.490 e. The van der Waals surface area contributed by atoms with Crippen LogP contribution < -0.4 is 4.74 Å². The predicted octanol–water partition coefficient (Wildman–Crippen LogP) is 6.21. The number of fused-ring (bicyclic) bond motifs is 1. The molecule has 0 unspecified atom stereocenters. The van der Waals surface area contributed by atoms with E-state index in [9.17, 15) is 4.79 Å². The van der Waals surface area contributed by atoms with E-state index in [2.05, 4.69) is 62.1 Å². The van der Waals surface area contributed by atoms with Crippen LogP contribution in [0.2, 0.25) is 0 Å². The van der Waals surface area contributed by atoms with Gasteiger partial charge in [0.15, 0.2) is 0 Å². The fourth-order valence-corrected chi connectivity index (χ4v) is 5.50. The molecule has 1 aliphatic heterocycles. The van der Waals surface area contributed by atoms with Gasteiger partial charge in [-0.05, 0) is 90.9 Å². The Hall–Kier alpha value is -2.07. The molecule has 2 fully saturated rings. The van der Waals surface area contributed by atoms with Gasteiger partial charge >= 0.3 is 5.97 Å². The molecule has 1 saturated carbocycles. The first-order chi connectivity index (χ1) is 15.3. The zero-order valence-corrected chi connectivity index (χ0v) is 20.2. The molecule has 2 aromatic carbocycles. The van der Waals surface area contributed by atoms with Crippen LogP contribution in [0.5, 0.6) is 5.75 Å². The Balaban J connectivity index is 1.36. The van der Waals surface area contributed by atoms with Crippen molar-refractivity contribution in [3.63, 3.8) is 0 Å². The standard InChI is InChI=1S/C28H39NO3/c1-28(2,3)24-10-13-25(14-11-24)32-26-12-9-21-16-20(7-8-22(21)17-26)18-29-15-5-6-23(19-29)27(30)31-4/h7-9,12,16-17,23-25H,5-6,10-11,13-15,18-19H2,1-4H3/t23-,24?,25?/m0/s1. The van der Waals surface area contributed by atoms with Gasteiger partial charge in [-0.1, -0.05) is 39.0 Å². The van der Waals surface area contributed by atoms with E-state index in [0.29, 0.717) is 11.5 Å². The van der Waals surface area contributed by atoms with Crippen LogP contribution in [0.4, 0.5) is 0 Å². The molecule has 1 heterocycles. The van der Waals surface area contributed by atoms with Crippen molar-refractivity contribution >= 4 is 16.7 Å². The van der Waals surface area contributed by atoms with Gasteiger partial charge in [-0.25, -0.2) is 0 Å². The second-order valence-corrected chi connectivity index (χ2v) is 10.9. The number of likely N-dealkylation sites (tertiary alicyclic amines) is 1. The van der Waals surface area contributed by atoms with Crippen LogP contribution in [0.15, 0.2) is 36.4 Å². The molecule has 0 radical (unpaired) electrons. The average molecular weight is 438 g/mol. The highest BCUT2D eigenvalue weighted by atomic mass is 16.5. The molecular weight excluding hydrogens is 398 g/mol. The van der Waals surface area contributed by atoms with Gasteiger partial charge in [0.1, 0.15) is 5.75 Å². The third kappa shape index (κ3) is 5.64. The molecule has 4 heteroatoms. The van der Waals surface area contributed by atoms with Gasteiger partial charge in [0.2, 0.25) is 0 Å². The summed E-state index contributed by atoms with van der Waals surface area (Å²) in [7, 11) is 1.49. The normalized spacial score (nSPS) is 24.9. The van der Waals surface area contributed by atoms with E-state index in [0.717, 1.165) is 57.0 Å². The smallest absolute Gasteiger partial charge is 0.309 e. The zero-order valence-electron chi connectivity index (χ0n) is 20.2. The lowest BCUT2D eigenvalue weighted by molar-refractivity contribution is -0.147. The Kier molecular flexibility index (Phi) is 7.09. The number of rotatable bonds is 5. The highest BCUT2D eigenvalue weighted by Crippen LogP contribution is 2.39. The van der Waals surface area contributed by atoms with Crippen LogP contribution >= 0.6 is 0 Å². The van der Waals surface area contributed by atoms with Crippen molar-refractivity contribution in [3.05, 3.63) is 42.0 Å². The van der Waals surface area contributed by atoms with E-state index < -0.39 is 0 Å². The lowest BCUT2D eigenvalue weighted by atomic mass is 9.72. The Bertz CT molecular complexity index is 924. The van der Waals surface area contributed by atoms with E-state index in [1.165, 1.54) is 36.3 Å². The zero-order chi connectivity index (χ0) is 22.7. The number of carbonyl (C=O) groups excluding carboxylic acids is 1. The summed E-state index contributed by atoms with van der Waals surface area (Å²) in [5.74, 6) is 1.72. The van der Waals surface area contributed by atoms with Crippen LogP contribution in [0, 0.1) is 17.3 Å². The number of esters is 1. The van der Waals surface area contributed by atoms with Crippen LogP contribution in [-0.2, 0) is 16.1 Å². The topological polar surface area (TPSA) is 38.8 Å². The Labute approximate surface area is 193 Å². The summed E-state index contributed by atoms with van der Waals surface area (Å²) in [5.41, 5.74) is 1.69. The van der Waals surface area contributed by atoms with Gasteiger partial charge in [-0.15, -0.1) is 0 Å². The lowest BCUT2D eigenvalue weighted by Gasteiger charge is -2.37. The summed E-state index contributed by atoms with van der Waals surface area (Å²) < 4.78 is 11.3. The van der Waals surface area contributed by atoms with E-state index in [4.69, 9.17) is 9.47 Å². The second kappa shape index (κ2) is 9.82. The molecule has 1 saturated heterocycles. The molecule has 1 aliphatic carbocycles. The minimum Gasteiger partial charge on any atom is -0.490 e. The van der Waals surface area contributed by atoms with E-state index in [1.54, 1.807) is 0 Å². The monoisotopic (exact) mass is 437 g/mol. The molecule has 1 atom stereocenters. The molecule has 0 bridgehead atoms. The van der Waals surface area contributed by atoms with Crippen molar-refractivity contribution in [1.29, 1.82) is 0 Å². The van der Waals surface area contributed by atoms with Crippen LogP contribution in [0.1, 0.15) is 64.9 Å². The number of hydrogen-bond donors (Lipinski definition) is 0. The number of methoxy groups -OCH3 is 1. The van der Waals surface area contributed by atoms with Gasteiger partial charge in [-0.2, -0.15) is 0 Å². The Morgan fingerprint density at radius 2 is 1.72 bits per heavy atom. The fourth-order valence-electron chi connectivity index (χ4n) is 5.50. The van der Waals surface area contributed by atoms with Crippen LogP contribution in [-0.4, -0.2) is 37.2 Å². The van der Waals surface area contributed by atoms with Crippen molar-refractivity contribution in [2.24, 2.45) is 17.3 Å². The molecule has 4 rings (SSSR count). The third-order valence-corrected chi connectivity index (χ3v) is 7.52. The number of benzene rings is 2. The lowest BCUT2D eigenvalue weighted by Crippen LogP contribution is -2.38. The molecule has 0 N–H and O–H groups in total. The van der Waals surface area contributed by atoms with Crippen molar-refractivity contribution < 1.29 is 14.3 Å². The first kappa shape index (κ1) is 23.1. The molecule has 4 nitrogen and oxygen atoms in total. The number of ether oxygens (including phenoxy) is 2. The van der Waals surface area contributed by atoms with E-state index in [1.807, 2.05) is 0 Å². The molecule has 2 aliphatic rings. The molecule has 32 heavy (non-hydrogen) atoms. The SMILES string of the molecule is COC(=O)[C@H]1CCCN(Cc2ccc3cc(OC4CCC(C(C)(C)C)CC4)ccc3c2)C1. The molecule has 174 valence electrons. The number of carbonyl (C=O) groups is 1.